The maximum absolute atomic E-state index is 6.21. The van der Waals surface area contributed by atoms with Gasteiger partial charge in [-0.15, -0.1) is 0 Å². The molecule has 3 nitrogen and oxygen atoms in total. The zero-order chi connectivity index (χ0) is 13.2. The average Bonchev–Trinajstić information content (AvgIpc) is 3.25. The number of aryl methyl sites for hydroxylation is 1. The molecule has 0 atom stereocenters. The molecule has 3 rings (SSSR count). The molecular weight excluding hydrogens is 260 g/mol. The lowest BCUT2D eigenvalue weighted by atomic mass is 10.1. The van der Waals surface area contributed by atoms with Gasteiger partial charge in [0.25, 0.3) is 0 Å². The first kappa shape index (κ1) is 12.4. The van der Waals surface area contributed by atoms with Gasteiger partial charge in [0.15, 0.2) is 0 Å². The van der Waals surface area contributed by atoms with E-state index < -0.39 is 0 Å². The SMILES string of the molecule is Cc1cc(OCC2=CC=CNN2)c(C2CC2)cc1Cl. The largest absolute Gasteiger partial charge is 0.487 e. The van der Waals surface area contributed by atoms with E-state index in [-0.39, 0.29) is 0 Å². The van der Waals surface area contributed by atoms with Crippen molar-refractivity contribution in [2.24, 2.45) is 0 Å². The highest BCUT2D eigenvalue weighted by molar-refractivity contribution is 6.31. The summed E-state index contributed by atoms with van der Waals surface area (Å²) in [6.45, 7) is 2.53. The smallest absolute Gasteiger partial charge is 0.129 e. The van der Waals surface area contributed by atoms with Crippen LogP contribution in [0.15, 0.2) is 36.2 Å². The van der Waals surface area contributed by atoms with E-state index in [1.54, 1.807) is 0 Å². The summed E-state index contributed by atoms with van der Waals surface area (Å²) in [5.41, 5.74) is 9.31. The highest BCUT2D eigenvalue weighted by Crippen LogP contribution is 2.45. The van der Waals surface area contributed by atoms with Crippen LogP contribution in [0.2, 0.25) is 5.02 Å². The first-order valence-corrected chi connectivity index (χ1v) is 6.92. The minimum atomic E-state index is 0.526. The molecule has 2 aliphatic rings. The number of halogens is 1. The molecule has 0 aromatic heterocycles. The second-order valence-corrected chi connectivity index (χ2v) is 5.43. The van der Waals surface area contributed by atoms with Crippen molar-refractivity contribution < 1.29 is 4.74 Å². The monoisotopic (exact) mass is 276 g/mol. The molecule has 1 aromatic rings. The van der Waals surface area contributed by atoms with Crippen LogP contribution in [0.5, 0.6) is 5.75 Å². The summed E-state index contributed by atoms with van der Waals surface area (Å²) in [6, 6.07) is 4.10. The Morgan fingerprint density at radius 2 is 2.21 bits per heavy atom. The van der Waals surface area contributed by atoms with Crippen LogP contribution in [0.25, 0.3) is 0 Å². The van der Waals surface area contributed by atoms with E-state index in [0.717, 1.165) is 22.0 Å². The van der Waals surface area contributed by atoms with E-state index in [0.29, 0.717) is 12.5 Å². The van der Waals surface area contributed by atoms with Crippen molar-refractivity contribution in [3.05, 3.63) is 52.3 Å². The Morgan fingerprint density at radius 1 is 1.37 bits per heavy atom. The molecule has 1 saturated carbocycles. The molecule has 1 aliphatic heterocycles. The normalized spacial score (nSPS) is 17.5. The quantitative estimate of drug-likeness (QED) is 0.884. The second kappa shape index (κ2) is 5.17. The third-order valence-corrected chi connectivity index (χ3v) is 3.81. The fraction of sp³-hybridized carbons (Fsp3) is 0.333. The zero-order valence-electron chi connectivity index (χ0n) is 10.9. The first-order chi connectivity index (χ1) is 9.24. The molecule has 1 heterocycles. The number of benzene rings is 1. The zero-order valence-corrected chi connectivity index (χ0v) is 11.6. The van der Waals surface area contributed by atoms with Crippen LogP contribution in [0.4, 0.5) is 0 Å². The number of hydrazine groups is 1. The van der Waals surface area contributed by atoms with Crippen molar-refractivity contribution in [1.29, 1.82) is 0 Å². The summed E-state index contributed by atoms with van der Waals surface area (Å²) in [5, 5.41) is 0.828. The highest BCUT2D eigenvalue weighted by Gasteiger charge is 2.27. The van der Waals surface area contributed by atoms with Crippen molar-refractivity contribution in [3.63, 3.8) is 0 Å². The van der Waals surface area contributed by atoms with Gasteiger partial charge in [0.2, 0.25) is 0 Å². The number of hydrogen-bond acceptors (Lipinski definition) is 3. The van der Waals surface area contributed by atoms with Crippen molar-refractivity contribution in [3.8, 4) is 5.75 Å². The fourth-order valence-electron chi connectivity index (χ4n) is 2.14. The summed E-state index contributed by atoms with van der Waals surface area (Å²) < 4.78 is 5.95. The molecule has 1 aliphatic carbocycles. The fourth-order valence-corrected chi connectivity index (χ4v) is 2.31. The van der Waals surface area contributed by atoms with Crippen LogP contribution >= 0.6 is 11.6 Å². The number of nitrogens with one attached hydrogen (secondary N) is 2. The van der Waals surface area contributed by atoms with Crippen molar-refractivity contribution in [1.82, 2.24) is 10.9 Å². The van der Waals surface area contributed by atoms with Gasteiger partial charge in [-0.3, -0.25) is 0 Å². The Bertz CT molecular complexity index is 547. The van der Waals surface area contributed by atoms with Gasteiger partial charge in [0, 0.05) is 11.2 Å². The van der Waals surface area contributed by atoms with E-state index in [4.69, 9.17) is 16.3 Å². The molecule has 100 valence electrons. The molecule has 0 bridgehead atoms. The molecular formula is C15H17ClN2O. The van der Waals surface area contributed by atoms with Crippen LogP contribution in [0, 0.1) is 6.92 Å². The molecule has 19 heavy (non-hydrogen) atoms. The molecule has 0 saturated heterocycles. The van der Waals surface area contributed by atoms with Crippen molar-refractivity contribution in [2.75, 3.05) is 6.61 Å². The number of rotatable bonds is 4. The van der Waals surface area contributed by atoms with Crippen LogP contribution in [-0.2, 0) is 0 Å². The minimum absolute atomic E-state index is 0.526. The maximum Gasteiger partial charge on any atom is 0.129 e. The number of ether oxygens (including phenoxy) is 1. The molecule has 0 radical (unpaired) electrons. The van der Waals surface area contributed by atoms with Gasteiger partial charge in [-0.1, -0.05) is 11.6 Å². The lowest BCUT2D eigenvalue weighted by Gasteiger charge is -2.17. The minimum Gasteiger partial charge on any atom is -0.487 e. The summed E-state index contributed by atoms with van der Waals surface area (Å²) >= 11 is 6.21. The number of allylic oxidation sites excluding steroid dienone is 2. The molecule has 1 fully saturated rings. The Morgan fingerprint density at radius 3 is 2.89 bits per heavy atom. The van der Waals surface area contributed by atoms with E-state index in [9.17, 15) is 0 Å². The first-order valence-electron chi connectivity index (χ1n) is 6.54. The molecule has 4 heteroatoms. The molecule has 2 N–H and O–H groups in total. The van der Waals surface area contributed by atoms with Gasteiger partial charge in [-0.05, 0) is 61.1 Å². The lowest BCUT2D eigenvalue weighted by molar-refractivity contribution is 0.335. The second-order valence-electron chi connectivity index (χ2n) is 5.02. The Kier molecular flexibility index (Phi) is 3.38. The van der Waals surface area contributed by atoms with Gasteiger partial charge in [0.05, 0.1) is 5.70 Å². The van der Waals surface area contributed by atoms with Crippen molar-refractivity contribution >= 4 is 11.6 Å². The summed E-state index contributed by atoms with van der Waals surface area (Å²) in [5.74, 6) is 1.58. The number of hydrogen-bond donors (Lipinski definition) is 2. The van der Waals surface area contributed by atoms with Crippen LogP contribution in [0.1, 0.15) is 29.9 Å². The topological polar surface area (TPSA) is 33.3 Å². The summed E-state index contributed by atoms with van der Waals surface area (Å²) in [7, 11) is 0. The van der Waals surface area contributed by atoms with Gasteiger partial charge in [-0.2, -0.15) is 0 Å². The van der Waals surface area contributed by atoms with Gasteiger partial charge >= 0.3 is 0 Å². The van der Waals surface area contributed by atoms with E-state index in [2.05, 4.69) is 16.9 Å². The Balaban J connectivity index is 1.77. The summed E-state index contributed by atoms with van der Waals surface area (Å²) in [4.78, 5) is 0. The predicted octanol–water partition coefficient (Wildman–Crippen LogP) is 3.41. The lowest BCUT2D eigenvalue weighted by Crippen LogP contribution is -2.30. The third-order valence-electron chi connectivity index (χ3n) is 3.40. The third kappa shape index (κ3) is 2.87. The van der Waals surface area contributed by atoms with E-state index >= 15 is 0 Å². The standard InChI is InChI=1S/C15H17ClN2O/c1-10-7-15(13(8-14(10)16)11-4-5-11)19-9-12-3-2-6-17-18-12/h2-3,6-8,11,17-18H,4-5,9H2,1H3. The van der Waals surface area contributed by atoms with E-state index in [1.165, 1.54) is 18.4 Å². The van der Waals surface area contributed by atoms with Crippen LogP contribution < -0.4 is 15.6 Å². The molecule has 0 spiro atoms. The average molecular weight is 277 g/mol. The van der Waals surface area contributed by atoms with Gasteiger partial charge in [-0.25, -0.2) is 0 Å². The predicted molar refractivity (Wildman–Crippen MR) is 77.2 cm³/mol. The van der Waals surface area contributed by atoms with Gasteiger partial charge in [0.1, 0.15) is 12.4 Å². The Labute approximate surface area is 118 Å². The summed E-state index contributed by atoms with van der Waals surface area (Å²) in [6.07, 6.45) is 8.26. The van der Waals surface area contributed by atoms with Crippen LogP contribution in [-0.4, -0.2) is 6.61 Å². The highest BCUT2D eigenvalue weighted by atomic mass is 35.5. The maximum atomic E-state index is 6.21. The van der Waals surface area contributed by atoms with Gasteiger partial charge < -0.3 is 15.6 Å². The molecule has 1 aromatic carbocycles. The van der Waals surface area contributed by atoms with Crippen molar-refractivity contribution in [2.45, 2.75) is 25.7 Å². The van der Waals surface area contributed by atoms with E-state index in [1.807, 2.05) is 31.3 Å². The van der Waals surface area contributed by atoms with Crippen LogP contribution in [0.3, 0.4) is 0 Å². The molecule has 0 unspecified atom stereocenters. The Hall–Kier alpha value is -1.61. The molecule has 0 amide bonds.